The van der Waals surface area contributed by atoms with E-state index in [-0.39, 0.29) is 0 Å². The molecule has 1 N–H and O–H groups in total. The van der Waals surface area contributed by atoms with Gasteiger partial charge in [-0.15, -0.1) is 0 Å². The highest BCUT2D eigenvalue weighted by atomic mass is 35.5. The Morgan fingerprint density at radius 1 is 0.955 bits per heavy atom. The van der Waals surface area contributed by atoms with Crippen molar-refractivity contribution in [3.05, 3.63) is 59.1 Å². The minimum absolute atomic E-state index is 0.581. The summed E-state index contributed by atoms with van der Waals surface area (Å²) in [6.45, 7) is 4.78. The number of hydrogen-bond acceptors (Lipinski definition) is 3. The lowest BCUT2D eigenvalue weighted by atomic mass is 10.1. The molecule has 3 nitrogen and oxygen atoms in total. The molecule has 0 radical (unpaired) electrons. The topological polar surface area (TPSA) is 30.5 Å². The van der Waals surface area contributed by atoms with Gasteiger partial charge in [-0.2, -0.15) is 0 Å². The van der Waals surface area contributed by atoms with Crippen LogP contribution in [0, 0.1) is 0 Å². The van der Waals surface area contributed by atoms with E-state index in [1.807, 2.05) is 43.3 Å². The SMILES string of the molecule is CCOCCOc1ccc(NCCc2ccc(Cl)cc2)cc1. The summed E-state index contributed by atoms with van der Waals surface area (Å²) in [4.78, 5) is 0. The van der Waals surface area contributed by atoms with E-state index in [9.17, 15) is 0 Å². The molecule has 0 aromatic heterocycles. The third-order valence-corrected chi connectivity index (χ3v) is 3.46. The van der Waals surface area contributed by atoms with E-state index in [1.165, 1.54) is 5.56 Å². The first-order valence-electron chi connectivity index (χ1n) is 7.57. The zero-order chi connectivity index (χ0) is 15.6. The van der Waals surface area contributed by atoms with Crippen molar-refractivity contribution in [1.29, 1.82) is 0 Å². The molecule has 2 aromatic rings. The van der Waals surface area contributed by atoms with Crippen LogP contribution in [0.1, 0.15) is 12.5 Å². The molecule has 0 atom stereocenters. The highest BCUT2D eigenvalue weighted by Crippen LogP contribution is 2.16. The van der Waals surface area contributed by atoms with Crippen LogP contribution < -0.4 is 10.1 Å². The highest BCUT2D eigenvalue weighted by Gasteiger charge is 1.97. The van der Waals surface area contributed by atoms with Crippen LogP contribution in [0.15, 0.2) is 48.5 Å². The number of hydrogen-bond donors (Lipinski definition) is 1. The highest BCUT2D eigenvalue weighted by molar-refractivity contribution is 6.30. The van der Waals surface area contributed by atoms with Crippen LogP contribution in [0.2, 0.25) is 5.02 Å². The Balaban J connectivity index is 1.70. The van der Waals surface area contributed by atoms with Crippen LogP contribution in [0.25, 0.3) is 0 Å². The van der Waals surface area contributed by atoms with Crippen LogP contribution in [0.3, 0.4) is 0 Å². The van der Waals surface area contributed by atoms with Crippen LogP contribution >= 0.6 is 11.6 Å². The molecule has 0 unspecified atom stereocenters. The third-order valence-electron chi connectivity index (χ3n) is 3.21. The molecular formula is C18H22ClNO2. The largest absolute Gasteiger partial charge is 0.491 e. The molecule has 0 bridgehead atoms. The molecule has 4 heteroatoms. The standard InChI is InChI=1S/C18H22ClNO2/c1-2-21-13-14-22-18-9-7-17(8-10-18)20-12-11-15-3-5-16(19)6-4-15/h3-10,20H,2,11-14H2,1H3. The van der Waals surface area contributed by atoms with Gasteiger partial charge in [0, 0.05) is 23.9 Å². The minimum Gasteiger partial charge on any atom is -0.491 e. The number of ether oxygens (including phenoxy) is 2. The van der Waals surface area contributed by atoms with Gasteiger partial charge in [-0.1, -0.05) is 23.7 Å². The van der Waals surface area contributed by atoms with Crippen molar-refractivity contribution in [2.45, 2.75) is 13.3 Å². The van der Waals surface area contributed by atoms with E-state index in [4.69, 9.17) is 21.1 Å². The van der Waals surface area contributed by atoms with Gasteiger partial charge < -0.3 is 14.8 Å². The van der Waals surface area contributed by atoms with Gasteiger partial charge in [0.2, 0.25) is 0 Å². The van der Waals surface area contributed by atoms with Crippen LogP contribution in [-0.4, -0.2) is 26.4 Å². The predicted molar refractivity (Wildman–Crippen MR) is 92.1 cm³/mol. The van der Waals surface area contributed by atoms with Crippen molar-refractivity contribution < 1.29 is 9.47 Å². The van der Waals surface area contributed by atoms with Gasteiger partial charge in [0.05, 0.1) is 6.61 Å². The second-order valence-corrected chi connectivity index (χ2v) is 5.31. The molecule has 22 heavy (non-hydrogen) atoms. The molecule has 0 saturated heterocycles. The molecule has 0 aliphatic heterocycles. The average molecular weight is 320 g/mol. The molecule has 0 spiro atoms. The quantitative estimate of drug-likeness (QED) is 0.694. The predicted octanol–water partition coefficient (Wildman–Crippen LogP) is 4.41. The molecule has 0 amide bonds. The van der Waals surface area contributed by atoms with E-state index in [0.717, 1.165) is 36.0 Å². The second-order valence-electron chi connectivity index (χ2n) is 4.87. The number of benzene rings is 2. The summed E-state index contributed by atoms with van der Waals surface area (Å²) in [5.41, 5.74) is 2.36. The first-order chi connectivity index (χ1) is 10.8. The Kier molecular flexibility index (Phi) is 7.07. The fraction of sp³-hybridized carbons (Fsp3) is 0.333. The zero-order valence-electron chi connectivity index (χ0n) is 12.8. The van der Waals surface area contributed by atoms with Gasteiger partial charge >= 0.3 is 0 Å². The van der Waals surface area contributed by atoms with E-state index < -0.39 is 0 Å². The first kappa shape index (κ1) is 16.7. The first-order valence-corrected chi connectivity index (χ1v) is 7.94. The van der Waals surface area contributed by atoms with Crippen LogP contribution in [0.4, 0.5) is 5.69 Å². The summed E-state index contributed by atoms with van der Waals surface area (Å²) in [7, 11) is 0. The summed E-state index contributed by atoms with van der Waals surface area (Å²) in [5.74, 6) is 0.864. The smallest absolute Gasteiger partial charge is 0.119 e. The van der Waals surface area contributed by atoms with Gasteiger partial charge in [0.1, 0.15) is 12.4 Å². The summed E-state index contributed by atoms with van der Waals surface area (Å²) >= 11 is 5.87. The van der Waals surface area contributed by atoms with Gasteiger partial charge in [-0.3, -0.25) is 0 Å². The second kappa shape index (κ2) is 9.34. The molecule has 0 heterocycles. The molecule has 0 aliphatic rings. The molecule has 0 fully saturated rings. The summed E-state index contributed by atoms with van der Waals surface area (Å²) in [6, 6.07) is 15.9. The monoisotopic (exact) mass is 319 g/mol. The van der Waals surface area contributed by atoms with Crippen molar-refractivity contribution in [2.75, 3.05) is 31.7 Å². The van der Waals surface area contributed by atoms with Crippen molar-refractivity contribution in [2.24, 2.45) is 0 Å². The van der Waals surface area contributed by atoms with Crippen molar-refractivity contribution in [3.63, 3.8) is 0 Å². The normalized spacial score (nSPS) is 10.5. The number of nitrogens with one attached hydrogen (secondary N) is 1. The van der Waals surface area contributed by atoms with E-state index in [0.29, 0.717) is 13.2 Å². The number of halogens is 1. The molecule has 118 valence electrons. The maximum Gasteiger partial charge on any atom is 0.119 e. The summed E-state index contributed by atoms with van der Waals surface area (Å²) in [5, 5.41) is 4.17. The Labute approximate surface area is 137 Å². The average Bonchev–Trinajstić information content (AvgIpc) is 2.55. The Morgan fingerprint density at radius 3 is 2.36 bits per heavy atom. The van der Waals surface area contributed by atoms with Gasteiger partial charge in [0.25, 0.3) is 0 Å². The fourth-order valence-electron chi connectivity index (χ4n) is 2.03. The van der Waals surface area contributed by atoms with E-state index >= 15 is 0 Å². The maximum atomic E-state index is 5.87. The molecule has 0 aliphatic carbocycles. The Hall–Kier alpha value is -1.71. The summed E-state index contributed by atoms with van der Waals surface area (Å²) in [6.07, 6.45) is 0.962. The lowest BCUT2D eigenvalue weighted by Crippen LogP contribution is -2.07. The zero-order valence-corrected chi connectivity index (χ0v) is 13.6. The van der Waals surface area contributed by atoms with Crippen molar-refractivity contribution >= 4 is 17.3 Å². The Bertz CT molecular complexity index is 540. The third kappa shape index (κ3) is 5.96. The summed E-state index contributed by atoms with van der Waals surface area (Å²) < 4.78 is 10.8. The molecule has 2 rings (SSSR count). The van der Waals surface area contributed by atoms with E-state index in [1.54, 1.807) is 0 Å². The van der Waals surface area contributed by atoms with Gasteiger partial charge in [-0.25, -0.2) is 0 Å². The molecular weight excluding hydrogens is 298 g/mol. The lowest BCUT2D eigenvalue weighted by Gasteiger charge is -2.09. The fourth-order valence-corrected chi connectivity index (χ4v) is 2.16. The van der Waals surface area contributed by atoms with Crippen molar-refractivity contribution in [3.8, 4) is 5.75 Å². The Morgan fingerprint density at radius 2 is 1.68 bits per heavy atom. The van der Waals surface area contributed by atoms with E-state index in [2.05, 4.69) is 17.4 Å². The number of rotatable bonds is 9. The van der Waals surface area contributed by atoms with Gasteiger partial charge in [-0.05, 0) is 55.3 Å². The lowest BCUT2D eigenvalue weighted by molar-refractivity contribution is 0.110. The van der Waals surface area contributed by atoms with Gasteiger partial charge in [0.15, 0.2) is 0 Å². The molecule has 0 saturated carbocycles. The number of anilines is 1. The minimum atomic E-state index is 0.581. The van der Waals surface area contributed by atoms with Crippen LogP contribution in [0.5, 0.6) is 5.75 Å². The van der Waals surface area contributed by atoms with Crippen molar-refractivity contribution in [1.82, 2.24) is 0 Å². The van der Waals surface area contributed by atoms with Crippen LogP contribution in [-0.2, 0) is 11.2 Å². The maximum absolute atomic E-state index is 5.87. The molecule has 2 aromatic carbocycles.